The van der Waals surface area contributed by atoms with Crippen molar-refractivity contribution in [2.24, 2.45) is 0 Å². The molecule has 0 fully saturated rings. The maximum atomic E-state index is 13.2. The number of carbonyl (C=O) groups is 1. The minimum Gasteiger partial charge on any atom is -0.507 e. The zero-order valence-corrected chi connectivity index (χ0v) is 18.8. The molecule has 1 aliphatic heterocycles. The van der Waals surface area contributed by atoms with E-state index in [0.717, 1.165) is 17.2 Å². The average molecular weight is 490 g/mol. The predicted octanol–water partition coefficient (Wildman–Crippen LogP) is 7.20. The monoisotopic (exact) mass is 490 g/mol. The van der Waals surface area contributed by atoms with Crippen molar-refractivity contribution in [2.75, 3.05) is 0 Å². The number of hydrogen-bond donors (Lipinski definition) is 2. The van der Waals surface area contributed by atoms with Crippen LogP contribution in [-0.2, 0) is 4.79 Å². The van der Waals surface area contributed by atoms with Crippen LogP contribution in [0.3, 0.4) is 0 Å². The lowest BCUT2D eigenvalue weighted by molar-refractivity contribution is -0.187. The third-order valence-electron chi connectivity index (χ3n) is 5.49. The number of rotatable bonds is 3. The molecule has 1 atom stereocenters. The van der Waals surface area contributed by atoms with Crippen LogP contribution in [-0.4, -0.2) is 28.5 Å². The number of hydrogen-bond acceptors (Lipinski definition) is 3. The summed E-state index contributed by atoms with van der Waals surface area (Å²) in [4.78, 5) is 11.1. The van der Waals surface area contributed by atoms with Crippen molar-refractivity contribution in [2.45, 2.75) is 12.3 Å². The molecule has 4 nitrogen and oxygen atoms in total. The highest BCUT2D eigenvalue weighted by molar-refractivity contribution is 5.96. The molecule has 0 bridgehead atoms. The summed E-state index contributed by atoms with van der Waals surface area (Å²) in [6.07, 6.45) is -6.28. The molecule has 4 aromatic carbocycles. The van der Waals surface area contributed by atoms with Crippen LogP contribution in [0.1, 0.15) is 5.56 Å². The zero-order chi connectivity index (χ0) is 25.7. The molecule has 0 saturated carbocycles. The summed E-state index contributed by atoms with van der Waals surface area (Å²) in [5.41, 5.74) is 2.58. The fourth-order valence-electron chi connectivity index (χ4n) is 3.82. The lowest BCUT2D eigenvalue weighted by atomic mass is 9.96. The van der Waals surface area contributed by atoms with E-state index in [1.54, 1.807) is 48.5 Å². The number of alkyl halides is 3. The van der Waals surface area contributed by atoms with Crippen molar-refractivity contribution < 1.29 is 32.9 Å². The molecule has 0 amide bonds. The number of phenolic OH excluding ortho intramolecular Hbond substituents is 1. The zero-order valence-electron chi connectivity index (χ0n) is 18.8. The summed E-state index contributed by atoms with van der Waals surface area (Å²) in [5, 5.41) is 18.6. The molecule has 1 aliphatic rings. The molecular formula is C29H21F3O4. The first-order valence-corrected chi connectivity index (χ1v) is 11.0. The normalized spacial score (nSPS) is 14.4. The maximum Gasteiger partial charge on any atom is 0.430 e. The van der Waals surface area contributed by atoms with Crippen molar-refractivity contribution >= 4 is 12.0 Å². The second-order valence-corrected chi connectivity index (χ2v) is 7.92. The van der Waals surface area contributed by atoms with Gasteiger partial charge in [0.2, 0.25) is 6.10 Å². The standard InChI is InChI=1S/C17H11F3O3.C12H10O/c18-17(19,20)15-13(16(21)22)9-11-7-4-8-12(14(11)23-15)10-5-2-1-3-6-10;13-12-9-5-4-8-11(12)10-6-2-1-3-7-10/h1-9,15H,(H,21,22);1-9,13H. The minimum atomic E-state index is -4.81. The van der Waals surface area contributed by atoms with Gasteiger partial charge >= 0.3 is 12.1 Å². The fourth-order valence-corrected chi connectivity index (χ4v) is 3.82. The van der Waals surface area contributed by atoms with Gasteiger partial charge in [-0.3, -0.25) is 0 Å². The van der Waals surface area contributed by atoms with Crippen LogP contribution in [0.2, 0.25) is 0 Å². The van der Waals surface area contributed by atoms with Gasteiger partial charge in [0.05, 0.1) is 5.57 Å². The molecule has 7 heteroatoms. The van der Waals surface area contributed by atoms with Crippen LogP contribution in [0.4, 0.5) is 13.2 Å². The number of fused-ring (bicyclic) bond motifs is 1. The summed E-state index contributed by atoms with van der Waals surface area (Å²) >= 11 is 0. The number of carboxylic acids is 1. The van der Waals surface area contributed by atoms with Gasteiger partial charge in [0.25, 0.3) is 0 Å². The first-order valence-electron chi connectivity index (χ1n) is 11.0. The number of carboxylic acid groups (broad SMARTS) is 1. The van der Waals surface area contributed by atoms with Gasteiger partial charge in [-0.2, -0.15) is 13.2 Å². The lowest BCUT2D eigenvalue weighted by Gasteiger charge is -2.28. The lowest BCUT2D eigenvalue weighted by Crippen LogP contribution is -2.40. The SMILES string of the molecule is O=C(O)C1=Cc2cccc(-c3ccccc3)c2OC1C(F)(F)F.Oc1ccccc1-c1ccccc1. The third-order valence-corrected chi connectivity index (χ3v) is 5.49. The Kier molecular flexibility index (Phi) is 7.10. The van der Waals surface area contributed by atoms with Gasteiger partial charge in [0, 0.05) is 16.7 Å². The minimum absolute atomic E-state index is 0.0334. The van der Waals surface area contributed by atoms with Crippen LogP contribution in [0, 0.1) is 0 Å². The van der Waals surface area contributed by atoms with Gasteiger partial charge in [-0.1, -0.05) is 97.1 Å². The Morgan fingerprint density at radius 1 is 0.722 bits per heavy atom. The molecule has 36 heavy (non-hydrogen) atoms. The molecule has 5 rings (SSSR count). The van der Waals surface area contributed by atoms with Crippen molar-refractivity contribution in [1.82, 2.24) is 0 Å². The van der Waals surface area contributed by atoms with Crippen molar-refractivity contribution in [3.05, 3.63) is 114 Å². The largest absolute Gasteiger partial charge is 0.507 e. The third kappa shape index (κ3) is 5.41. The van der Waals surface area contributed by atoms with Gasteiger partial charge < -0.3 is 14.9 Å². The highest BCUT2D eigenvalue weighted by Gasteiger charge is 2.48. The molecule has 1 heterocycles. The maximum absolute atomic E-state index is 13.2. The van der Waals surface area contributed by atoms with E-state index < -0.39 is 23.8 Å². The second kappa shape index (κ2) is 10.4. The van der Waals surface area contributed by atoms with Crippen LogP contribution >= 0.6 is 0 Å². The van der Waals surface area contributed by atoms with Gasteiger partial charge in [-0.25, -0.2) is 4.79 Å². The molecule has 0 spiro atoms. The Morgan fingerprint density at radius 3 is 1.81 bits per heavy atom. The van der Waals surface area contributed by atoms with Crippen LogP contribution in [0.5, 0.6) is 11.5 Å². The Bertz CT molecular complexity index is 1380. The van der Waals surface area contributed by atoms with Crippen molar-refractivity contribution in [3.63, 3.8) is 0 Å². The number of aliphatic carboxylic acids is 1. The number of benzene rings is 4. The Morgan fingerprint density at radius 2 is 1.25 bits per heavy atom. The highest BCUT2D eigenvalue weighted by Crippen LogP contribution is 2.42. The van der Waals surface area contributed by atoms with E-state index in [0.29, 0.717) is 22.4 Å². The van der Waals surface area contributed by atoms with E-state index in [1.165, 1.54) is 6.07 Å². The van der Waals surface area contributed by atoms with E-state index in [4.69, 9.17) is 9.84 Å². The van der Waals surface area contributed by atoms with Crippen LogP contribution in [0.25, 0.3) is 28.3 Å². The summed E-state index contributed by atoms with van der Waals surface area (Å²) < 4.78 is 44.5. The number of aromatic hydroxyl groups is 1. The van der Waals surface area contributed by atoms with Gasteiger partial charge in [0.1, 0.15) is 11.5 Å². The molecule has 2 N–H and O–H groups in total. The quantitative estimate of drug-likeness (QED) is 0.319. The Labute approximate surface area is 205 Å². The highest BCUT2D eigenvalue weighted by atomic mass is 19.4. The predicted molar refractivity (Wildman–Crippen MR) is 132 cm³/mol. The smallest absolute Gasteiger partial charge is 0.430 e. The van der Waals surface area contributed by atoms with Gasteiger partial charge in [-0.05, 0) is 23.3 Å². The molecule has 0 saturated heterocycles. The van der Waals surface area contributed by atoms with Gasteiger partial charge in [-0.15, -0.1) is 0 Å². The average Bonchev–Trinajstić information content (AvgIpc) is 2.88. The fraction of sp³-hybridized carbons (Fsp3) is 0.0690. The molecule has 1 unspecified atom stereocenters. The number of halogens is 3. The van der Waals surface area contributed by atoms with E-state index in [1.807, 2.05) is 48.5 Å². The summed E-state index contributed by atoms with van der Waals surface area (Å²) in [7, 11) is 0. The molecule has 0 aliphatic carbocycles. The number of para-hydroxylation sites is 2. The topological polar surface area (TPSA) is 66.8 Å². The molecule has 0 aromatic heterocycles. The van der Waals surface area contributed by atoms with Crippen molar-refractivity contribution in [3.8, 4) is 33.8 Å². The summed E-state index contributed by atoms with van der Waals surface area (Å²) in [5.74, 6) is -1.29. The van der Waals surface area contributed by atoms with E-state index in [9.17, 15) is 23.1 Å². The van der Waals surface area contributed by atoms with E-state index in [-0.39, 0.29) is 5.75 Å². The van der Waals surface area contributed by atoms with E-state index >= 15 is 0 Å². The Balaban J connectivity index is 0.000000197. The second-order valence-electron chi connectivity index (χ2n) is 7.92. The van der Waals surface area contributed by atoms with Crippen LogP contribution in [0.15, 0.2) is 109 Å². The first kappa shape index (κ1) is 24.6. The molecule has 4 aromatic rings. The summed E-state index contributed by atoms with van der Waals surface area (Å²) in [6, 6.07) is 30.8. The number of phenols is 1. The van der Waals surface area contributed by atoms with Gasteiger partial charge in [0.15, 0.2) is 0 Å². The van der Waals surface area contributed by atoms with Crippen LogP contribution < -0.4 is 4.74 Å². The molecular weight excluding hydrogens is 469 g/mol. The number of ether oxygens (including phenoxy) is 1. The Hall–Kier alpha value is -4.52. The summed E-state index contributed by atoms with van der Waals surface area (Å²) in [6.45, 7) is 0. The van der Waals surface area contributed by atoms with E-state index in [2.05, 4.69) is 0 Å². The first-order chi connectivity index (χ1) is 17.3. The van der Waals surface area contributed by atoms with Crippen molar-refractivity contribution in [1.29, 1.82) is 0 Å². The molecule has 182 valence electrons. The molecule has 0 radical (unpaired) electrons.